The molecule has 3 nitrogen and oxygen atoms in total. The number of benzene rings is 1. The normalized spacial score (nSPS) is 16.3. The van der Waals surface area contributed by atoms with Crippen molar-refractivity contribution < 1.29 is 9.53 Å². The SMILES string of the molecule is COC(=O)c1cc(C)ccc1C1(C#N)CC1. The highest BCUT2D eigenvalue weighted by Crippen LogP contribution is 2.48. The number of ether oxygens (including phenoxy) is 1. The number of esters is 1. The Morgan fingerprint density at radius 2 is 2.19 bits per heavy atom. The second-order valence-corrected chi connectivity index (χ2v) is 4.23. The van der Waals surface area contributed by atoms with Gasteiger partial charge in [-0.1, -0.05) is 17.7 Å². The molecule has 0 aliphatic heterocycles. The van der Waals surface area contributed by atoms with Gasteiger partial charge in [0, 0.05) is 0 Å². The summed E-state index contributed by atoms with van der Waals surface area (Å²) in [6, 6.07) is 7.89. The molecule has 2 rings (SSSR count). The van der Waals surface area contributed by atoms with Gasteiger partial charge in [-0.3, -0.25) is 0 Å². The van der Waals surface area contributed by atoms with Gasteiger partial charge in [0.1, 0.15) is 0 Å². The minimum absolute atomic E-state index is 0.361. The predicted octanol–water partition coefficient (Wildman–Crippen LogP) is 2.34. The van der Waals surface area contributed by atoms with Gasteiger partial charge in [0.2, 0.25) is 0 Å². The maximum atomic E-state index is 11.6. The quantitative estimate of drug-likeness (QED) is 0.711. The first-order chi connectivity index (χ1) is 7.63. The van der Waals surface area contributed by atoms with Crippen LogP contribution >= 0.6 is 0 Å². The van der Waals surface area contributed by atoms with Crippen molar-refractivity contribution in [3.8, 4) is 6.07 Å². The van der Waals surface area contributed by atoms with Gasteiger partial charge in [-0.05, 0) is 31.4 Å². The molecule has 1 saturated carbocycles. The van der Waals surface area contributed by atoms with Crippen LogP contribution in [0, 0.1) is 18.3 Å². The van der Waals surface area contributed by atoms with Crippen LogP contribution in [0.2, 0.25) is 0 Å². The Morgan fingerprint density at radius 1 is 1.50 bits per heavy atom. The van der Waals surface area contributed by atoms with Crippen LogP contribution in [0.3, 0.4) is 0 Å². The summed E-state index contributed by atoms with van der Waals surface area (Å²) in [4.78, 5) is 11.6. The molecule has 1 fully saturated rings. The van der Waals surface area contributed by atoms with Gasteiger partial charge in [-0.2, -0.15) is 5.26 Å². The van der Waals surface area contributed by atoms with Gasteiger partial charge in [-0.15, -0.1) is 0 Å². The van der Waals surface area contributed by atoms with Crippen molar-refractivity contribution in [2.24, 2.45) is 0 Å². The van der Waals surface area contributed by atoms with Gasteiger partial charge in [-0.25, -0.2) is 4.79 Å². The van der Waals surface area contributed by atoms with Crippen LogP contribution < -0.4 is 0 Å². The Morgan fingerprint density at radius 3 is 2.69 bits per heavy atom. The lowest BCUT2D eigenvalue weighted by Crippen LogP contribution is -2.13. The fraction of sp³-hybridized carbons (Fsp3) is 0.385. The lowest BCUT2D eigenvalue weighted by molar-refractivity contribution is 0.0599. The van der Waals surface area contributed by atoms with Gasteiger partial charge in [0.15, 0.2) is 0 Å². The lowest BCUT2D eigenvalue weighted by Gasteiger charge is -2.12. The zero-order valence-corrected chi connectivity index (χ0v) is 9.41. The molecule has 0 N–H and O–H groups in total. The van der Waals surface area contributed by atoms with Gasteiger partial charge < -0.3 is 4.74 Å². The summed E-state index contributed by atoms with van der Waals surface area (Å²) < 4.78 is 4.75. The molecule has 0 bridgehead atoms. The molecule has 0 heterocycles. The van der Waals surface area contributed by atoms with Crippen molar-refractivity contribution in [1.82, 2.24) is 0 Å². The first kappa shape index (κ1) is 10.7. The molecule has 16 heavy (non-hydrogen) atoms. The number of aryl methyl sites for hydroxylation is 1. The molecule has 0 radical (unpaired) electrons. The van der Waals surface area contributed by atoms with Crippen molar-refractivity contribution in [3.05, 3.63) is 34.9 Å². The van der Waals surface area contributed by atoms with Crippen LogP contribution in [0.5, 0.6) is 0 Å². The van der Waals surface area contributed by atoms with Crippen molar-refractivity contribution in [2.75, 3.05) is 7.11 Å². The summed E-state index contributed by atoms with van der Waals surface area (Å²) in [5.74, 6) is -0.361. The minimum Gasteiger partial charge on any atom is -0.465 e. The second kappa shape index (κ2) is 3.64. The maximum absolute atomic E-state index is 11.6. The molecule has 0 aromatic heterocycles. The minimum atomic E-state index is -0.447. The number of carbonyl (C=O) groups is 1. The highest BCUT2D eigenvalue weighted by molar-refractivity contribution is 5.92. The third kappa shape index (κ3) is 1.57. The molecule has 0 saturated heterocycles. The number of nitriles is 1. The van der Waals surface area contributed by atoms with E-state index in [1.54, 1.807) is 6.07 Å². The fourth-order valence-electron chi connectivity index (χ4n) is 1.92. The number of hydrogen-bond donors (Lipinski definition) is 0. The molecule has 0 atom stereocenters. The summed E-state index contributed by atoms with van der Waals surface area (Å²) in [6.45, 7) is 1.92. The zero-order valence-electron chi connectivity index (χ0n) is 9.41. The van der Waals surface area contributed by atoms with E-state index in [1.165, 1.54) is 7.11 Å². The van der Waals surface area contributed by atoms with E-state index in [9.17, 15) is 4.79 Å². The number of rotatable bonds is 2. The van der Waals surface area contributed by atoms with Crippen molar-refractivity contribution in [1.29, 1.82) is 5.26 Å². The van der Waals surface area contributed by atoms with Crippen LogP contribution in [0.15, 0.2) is 18.2 Å². The molecular formula is C13H13NO2. The molecule has 0 unspecified atom stereocenters. The van der Waals surface area contributed by atoms with E-state index in [1.807, 2.05) is 19.1 Å². The van der Waals surface area contributed by atoms with Crippen LogP contribution in [0.4, 0.5) is 0 Å². The monoisotopic (exact) mass is 215 g/mol. The summed E-state index contributed by atoms with van der Waals surface area (Å²) in [7, 11) is 1.36. The van der Waals surface area contributed by atoms with E-state index in [4.69, 9.17) is 10.00 Å². The number of hydrogen-bond acceptors (Lipinski definition) is 3. The molecule has 1 aliphatic carbocycles. The average molecular weight is 215 g/mol. The smallest absolute Gasteiger partial charge is 0.338 e. The molecule has 1 aromatic rings. The highest BCUT2D eigenvalue weighted by atomic mass is 16.5. The van der Waals surface area contributed by atoms with Crippen LogP contribution in [0.1, 0.15) is 34.3 Å². The molecule has 82 valence electrons. The maximum Gasteiger partial charge on any atom is 0.338 e. The van der Waals surface area contributed by atoms with Crippen molar-refractivity contribution in [3.63, 3.8) is 0 Å². The third-order valence-corrected chi connectivity index (χ3v) is 3.06. The van der Waals surface area contributed by atoms with E-state index in [0.29, 0.717) is 5.56 Å². The van der Waals surface area contributed by atoms with E-state index in [-0.39, 0.29) is 5.97 Å². The van der Waals surface area contributed by atoms with Gasteiger partial charge in [0.05, 0.1) is 24.2 Å². The number of methoxy groups -OCH3 is 1. The van der Waals surface area contributed by atoms with Crippen molar-refractivity contribution >= 4 is 5.97 Å². The predicted molar refractivity (Wildman–Crippen MR) is 59.0 cm³/mol. The summed E-state index contributed by atoms with van der Waals surface area (Å²) >= 11 is 0. The first-order valence-electron chi connectivity index (χ1n) is 5.24. The molecule has 0 amide bonds. The van der Waals surface area contributed by atoms with E-state index in [2.05, 4.69) is 6.07 Å². The number of carbonyl (C=O) groups excluding carboxylic acids is 1. The Hall–Kier alpha value is -1.82. The zero-order chi connectivity index (χ0) is 11.8. The topological polar surface area (TPSA) is 50.1 Å². The van der Waals surface area contributed by atoms with Gasteiger partial charge >= 0.3 is 5.97 Å². The van der Waals surface area contributed by atoms with E-state index >= 15 is 0 Å². The Kier molecular flexibility index (Phi) is 2.43. The Bertz CT molecular complexity index is 481. The van der Waals surface area contributed by atoms with Crippen LogP contribution in [-0.4, -0.2) is 13.1 Å². The Balaban J connectivity index is 2.54. The molecular weight excluding hydrogens is 202 g/mol. The summed E-state index contributed by atoms with van der Waals surface area (Å²) in [6.07, 6.45) is 1.66. The molecule has 0 spiro atoms. The van der Waals surface area contributed by atoms with Crippen LogP contribution in [-0.2, 0) is 10.2 Å². The van der Waals surface area contributed by atoms with Crippen molar-refractivity contribution in [2.45, 2.75) is 25.2 Å². The summed E-state index contributed by atoms with van der Waals surface area (Å²) in [5.41, 5.74) is 1.89. The highest BCUT2D eigenvalue weighted by Gasteiger charge is 2.47. The molecule has 3 heteroatoms. The summed E-state index contributed by atoms with van der Waals surface area (Å²) in [5, 5.41) is 9.16. The third-order valence-electron chi connectivity index (χ3n) is 3.06. The molecule has 1 aromatic carbocycles. The van der Waals surface area contributed by atoms with E-state index < -0.39 is 5.41 Å². The fourth-order valence-corrected chi connectivity index (χ4v) is 1.92. The second-order valence-electron chi connectivity index (χ2n) is 4.23. The average Bonchev–Trinajstić information content (AvgIpc) is 3.08. The van der Waals surface area contributed by atoms with Gasteiger partial charge in [0.25, 0.3) is 0 Å². The van der Waals surface area contributed by atoms with Crippen LogP contribution in [0.25, 0.3) is 0 Å². The Labute approximate surface area is 94.6 Å². The largest absolute Gasteiger partial charge is 0.465 e. The standard InChI is InChI=1S/C13H13NO2/c1-9-3-4-11(13(8-14)5-6-13)10(7-9)12(15)16-2/h3-4,7H,5-6H2,1-2H3. The number of nitrogens with zero attached hydrogens (tertiary/aromatic N) is 1. The van der Waals surface area contributed by atoms with E-state index in [0.717, 1.165) is 24.0 Å². The lowest BCUT2D eigenvalue weighted by atomic mass is 9.91. The first-order valence-corrected chi connectivity index (χ1v) is 5.24. The molecule has 1 aliphatic rings.